The number of hydrogen-bond acceptors (Lipinski definition) is 6. The average molecular weight is 402 g/mol. The lowest BCUT2D eigenvalue weighted by atomic mass is 9.95. The van der Waals surface area contributed by atoms with E-state index in [0.717, 1.165) is 17.1 Å². The zero-order chi connectivity index (χ0) is 19.2. The number of ether oxygens (including phenoxy) is 1. The van der Waals surface area contributed by atoms with Crippen LogP contribution in [0.15, 0.2) is 29.2 Å². The summed E-state index contributed by atoms with van der Waals surface area (Å²) in [5, 5.41) is 0. The monoisotopic (exact) mass is 402 g/mol. The minimum atomic E-state index is -3.76. The number of amides is 1. The zero-order valence-corrected chi connectivity index (χ0v) is 16.3. The van der Waals surface area contributed by atoms with Crippen LogP contribution < -0.4 is 9.03 Å². The summed E-state index contributed by atoms with van der Waals surface area (Å²) in [5.41, 5.74) is -0.870. The van der Waals surface area contributed by atoms with E-state index >= 15 is 0 Å². The average Bonchev–Trinajstić information content (AvgIpc) is 3.10. The Morgan fingerprint density at radius 3 is 2.42 bits per heavy atom. The molecule has 1 atom stereocenters. The molecule has 2 aliphatic rings. The van der Waals surface area contributed by atoms with Crippen molar-refractivity contribution in [2.75, 3.05) is 23.2 Å². The molecule has 10 heteroatoms. The van der Waals surface area contributed by atoms with Gasteiger partial charge in [-0.3, -0.25) is 4.79 Å². The maximum absolute atomic E-state index is 12.4. The highest BCUT2D eigenvalue weighted by molar-refractivity contribution is 7.94. The zero-order valence-electron chi connectivity index (χ0n) is 14.6. The van der Waals surface area contributed by atoms with E-state index in [-0.39, 0.29) is 29.0 Å². The van der Waals surface area contributed by atoms with E-state index in [1.165, 1.54) is 24.3 Å². The number of anilines is 1. The summed E-state index contributed by atoms with van der Waals surface area (Å²) >= 11 is 0. The molecule has 1 aromatic carbocycles. The fourth-order valence-electron chi connectivity index (χ4n) is 3.11. The highest BCUT2D eigenvalue weighted by Gasteiger charge is 2.49. The molecule has 8 nitrogen and oxygen atoms in total. The number of hydrogen-bond donors (Lipinski definition) is 1. The molecular formula is C16H22N2O6S2. The Labute approximate surface area is 153 Å². The Bertz CT molecular complexity index is 901. The maximum Gasteiger partial charge on any atom is 0.247 e. The van der Waals surface area contributed by atoms with Crippen molar-refractivity contribution >= 4 is 31.6 Å². The van der Waals surface area contributed by atoms with Crippen LogP contribution in [0.3, 0.4) is 0 Å². The largest absolute Gasteiger partial charge is 0.377 e. The van der Waals surface area contributed by atoms with Gasteiger partial charge in [-0.05, 0) is 51.0 Å². The van der Waals surface area contributed by atoms with Crippen molar-refractivity contribution in [3.8, 4) is 0 Å². The third-order valence-corrected chi connectivity index (χ3v) is 7.95. The molecule has 1 aromatic rings. The van der Waals surface area contributed by atoms with Crippen LogP contribution in [-0.4, -0.2) is 47.8 Å². The minimum absolute atomic E-state index is 0.00236. The van der Waals surface area contributed by atoms with Crippen molar-refractivity contribution in [3.63, 3.8) is 0 Å². The van der Waals surface area contributed by atoms with Crippen molar-refractivity contribution < 1.29 is 26.4 Å². The Hall–Kier alpha value is -1.49. The molecule has 0 bridgehead atoms. The van der Waals surface area contributed by atoms with Crippen LogP contribution in [0.5, 0.6) is 0 Å². The first-order valence-corrected chi connectivity index (χ1v) is 11.4. The SMILES string of the molecule is CC1(C)CS(=O)(=O)N(c2ccc(S(=O)(=O)NCC3CCCO3)cc2)C1=O. The summed E-state index contributed by atoms with van der Waals surface area (Å²) in [6.07, 6.45) is 1.60. The van der Waals surface area contributed by atoms with Gasteiger partial charge in [0.2, 0.25) is 26.0 Å². The number of sulfonamides is 2. The summed E-state index contributed by atoms with van der Waals surface area (Å²) in [6.45, 7) is 3.97. The Morgan fingerprint density at radius 1 is 1.27 bits per heavy atom. The lowest BCUT2D eigenvalue weighted by Gasteiger charge is -2.18. The molecule has 0 aliphatic carbocycles. The topological polar surface area (TPSA) is 110 Å². The summed E-state index contributed by atoms with van der Waals surface area (Å²) in [5.74, 6) is -0.799. The van der Waals surface area contributed by atoms with Gasteiger partial charge in [-0.25, -0.2) is 25.9 Å². The van der Waals surface area contributed by atoms with Crippen LogP contribution in [0.1, 0.15) is 26.7 Å². The molecule has 1 unspecified atom stereocenters. The Kier molecular flexibility index (Phi) is 4.89. The number of nitrogens with one attached hydrogen (secondary N) is 1. The van der Waals surface area contributed by atoms with Gasteiger partial charge in [0.25, 0.3) is 0 Å². The fraction of sp³-hybridized carbons (Fsp3) is 0.562. The van der Waals surface area contributed by atoms with E-state index in [9.17, 15) is 21.6 Å². The van der Waals surface area contributed by atoms with Gasteiger partial charge in [0.05, 0.1) is 27.9 Å². The van der Waals surface area contributed by atoms with Gasteiger partial charge in [-0.1, -0.05) is 0 Å². The predicted molar refractivity (Wildman–Crippen MR) is 95.7 cm³/mol. The van der Waals surface area contributed by atoms with E-state index in [0.29, 0.717) is 6.61 Å². The number of rotatable bonds is 5. The molecule has 26 heavy (non-hydrogen) atoms. The van der Waals surface area contributed by atoms with Crippen LogP contribution in [0.4, 0.5) is 5.69 Å². The predicted octanol–water partition coefficient (Wildman–Crippen LogP) is 0.846. The first kappa shape index (κ1) is 19.3. The van der Waals surface area contributed by atoms with E-state index in [1.54, 1.807) is 13.8 Å². The van der Waals surface area contributed by atoms with Crippen LogP contribution in [0, 0.1) is 5.41 Å². The van der Waals surface area contributed by atoms with Gasteiger partial charge in [-0.2, -0.15) is 0 Å². The number of carbonyl (C=O) groups excluding carboxylic acids is 1. The molecule has 2 fully saturated rings. The summed E-state index contributed by atoms with van der Waals surface area (Å²) in [7, 11) is -7.50. The highest BCUT2D eigenvalue weighted by Crippen LogP contribution is 2.35. The number of benzene rings is 1. The molecule has 1 amide bonds. The molecule has 2 heterocycles. The summed E-state index contributed by atoms with van der Waals surface area (Å²) in [4.78, 5) is 12.4. The van der Waals surface area contributed by atoms with Gasteiger partial charge in [0, 0.05) is 13.2 Å². The Morgan fingerprint density at radius 2 is 1.92 bits per heavy atom. The summed E-state index contributed by atoms with van der Waals surface area (Å²) in [6, 6.07) is 5.25. The first-order valence-electron chi connectivity index (χ1n) is 8.32. The van der Waals surface area contributed by atoms with Crippen LogP contribution in [0.25, 0.3) is 0 Å². The molecular weight excluding hydrogens is 380 g/mol. The van der Waals surface area contributed by atoms with Gasteiger partial charge in [0.15, 0.2) is 0 Å². The maximum atomic E-state index is 12.4. The second-order valence-electron chi connectivity index (χ2n) is 7.19. The van der Waals surface area contributed by atoms with E-state index in [1.807, 2.05) is 0 Å². The lowest BCUT2D eigenvalue weighted by Crippen LogP contribution is -2.33. The molecule has 0 saturated carbocycles. The first-order chi connectivity index (χ1) is 12.0. The second kappa shape index (κ2) is 6.59. The van der Waals surface area contributed by atoms with Gasteiger partial charge >= 0.3 is 0 Å². The molecule has 1 N–H and O–H groups in total. The van der Waals surface area contributed by atoms with E-state index in [2.05, 4.69) is 4.72 Å². The van der Waals surface area contributed by atoms with Crippen LogP contribution >= 0.6 is 0 Å². The highest BCUT2D eigenvalue weighted by atomic mass is 32.2. The number of nitrogens with zero attached hydrogens (tertiary/aromatic N) is 1. The molecule has 2 saturated heterocycles. The van der Waals surface area contributed by atoms with Crippen molar-refractivity contribution in [1.82, 2.24) is 4.72 Å². The third kappa shape index (κ3) is 3.64. The smallest absolute Gasteiger partial charge is 0.247 e. The molecule has 0 aromatic heterocycles. The summed E-state index contributed by atoms with van der Waals surface area (Å²) < 4.78 is 57.9. The van der Waals surface area contributed by atoms with Crippen molar-refractivity contribution in [2.45, 2.75) is 37.7 Å². The minimum Gasteiger partial charge on any atom is -0.377 e. The van der Waals surface area contributed by atoms with Crippen LogP contribution in [-0.2, 0) is 29.6 Å². The second-order valence-corrected chi connectivity index (χ2v) is 10.8. The van der Waals surface area contributed by atoms with E-state index in [4.69, 9.17) is 4.74 Å². The quantitative estimate of drug-likeness (QED) is 0.782. The van der Waals surface area contributed by atoms with Crippen molar-refractivity contribution in [2.24, 2.45) is 5.41 Å². The van der Waals surface area contributed by atoms with Crippen molar-refractivity contribution in [1.29, 1.82) is 0 Å². The third-order valence-electron chi connectivity index (χ3n) is 4.49. The molecule has 3 rings (SSSR count). The van der Waals surface area contributed by atoms with Crippen LogP contribution in [0.2, 0.25) is 0 Å². The van der Waals surface area contributed by atoms with Gasteiger partial charge in [-0.15, -0.1) is 0 Å². The molecule has 2 aliphatic heterocycles. The molecule has 0 radical (unpaired) electrons. The lowest BCUT2D eigenvalue weighted by molar-refractivity contribution is -0.123. The van der Waals surface area contributed by atoms with Gasteiger partial charge in [0.1, 0.15) is 0 Å². The Balaban J connectivity index is 1.79. The van der Waals surface area contributed by atoms with Gasteiger partial charge < -0.3 is 4.74 Å². The molecule has 0 spiro atoms. The standard InChI is InChI=1S/C16H22N2O6S2/c1-16(2)11-25(20,21)18(15(16)19)12-5-7-14(8-6-12)26(22,23)17-10-13-4-3-9-24-13/h5-8,13,17H,3-4,9-11H2,1-2H3. The fourth-order valence-corrected chi connectivity index (χ4v) is 6.29. The number of carbonyl (C=O) groups is 1. The van der Waals surface area contributed by atoms with Crippen molar-refractivity contribution in [3.05, 3.63) is 24.3 Å². The van der Waals surface area contributed by atoms with E-state index < -0.39 is 31.4 Å². The molecule has 144 valence electrons. The normalized spacial score (nSPS) is 24.9.